The van der Waals surface area contributed by atoms with Crippen molar-refractivity contribution >= 4 is 33.8 Å². The number of aryl methyl sites for hydroxylation is 2. The number of halogens is 1. The van der Waals surface area contributed by atoms with Gasteiger partial charge in [-0.15, -0.1) is 11.3 Å². The van der Waals surface area contributed by atoms with Gasteiger partial charge in [-0.05, 0) is 74.1 Å². The second kappa shape index (κ2) is 8.79. The number of anilines is 2. The molecular formula is C24H23FN2O2S. The van der Waals surface area contributed by atoms with Gasteiger partial charge in [0.2, 0.25) is 0 Å². The number of para-hydroxylation sites is 1. The van der Waals surface area contributed by atoms with E-state index in [2.05, 4.69) is 10.6 Å². The van der Waals surface area contributed by atoms with E-state index in [4.69, 9.17) is 0 Å². The van der Waals surface area contributed by atoms with E-state index in [0.29, 0.717) is 16.1 Å². The van der Waals surface area contributed by atoms with E-state index in [0.717, 1.165) is 53.8 Å². The molecule has 0 aliphatic heterocycles. The zero-order valence-corrected chi connectivity index (χ0v) is 17.6. The van der Waals surface area contributed by atoms with Gasteiger partial charge in [-0.1, -0.05) is 24.6 Å². The van der Waals surface area contributed by atoms with Crippen LogP contribution in [0.25, 0.3) is 0 Å². The predicted octanol–water partition coefficient (Wildman–Crippen LogP) is 5.97. The molecule has 0 spiro atoms. The highest BCUT2D eigenvalue weighted by Gasteiger charge is 2.26. The number of carbonyl (C=O) groups is 2. The first kappa shape index (κ1) is 20.3. The summed E-state index contributed by atoms with van der Waals surface area (Å²) < 4.78 is 13.2. The van der Waals surface area contributed by atoms with Crippen molar-refractivity contribution in [2.24, 2.45) is 0 Å². The second-order valence-corrected chi connectivity index (χ2v) is 8.60. The van der Waals surface area contributed by atoms with Crippen LogP contribution >= 0.6 is 11.3 Å². The normalized spacial score (nSPS) is 13.3. The fraction of sp³-hybridized carbons (Fsp3) is 0.250. The third kappa shape index (κ3) is 4.28. The van der Waals surface area contributed by atoms with Gasteiger partial charge in [-0.3, -0.25) is 9.59 Å². The Morgan fingerprint density at radius 3 is 2.40 bits per heavy atom. The summed E-state index contributed by atoms with van der Waals surface area (Å²) >= 11 is 1.48. The fourth-order valence-corrected chi connectivity index (χ4v) is 5.03. The first-order valence-electron chi connectivity index (χ1n) is 10.1. The van der Waals surface area contributed by atoms with Crippen LogP contribution in [0, 0.1) is 12.7 Å². The topological polar surface area (TPSA) is 58.2 Å². The third-order valence-corrected chi connectivity index (χ3v) is 6.58. The molecule has 0 bridgehead atoms. The minimum atomic E-state index is -0.396. The van der Waals surface area contributed by atoms with Crippen molar-refractivity contribution in [3.63, 3.8) is 0 Å². The lowest BCUT2D eigenvalue weighted by atomic mass is 10.0. The summed E-state index contributed by atoms with van der Waals surface area (Å²) in [5.74, 6) is -0.956. The maximum Gasteiger partial charge on any atom is 0.258 e. The van der Waals surface area contributed by atoms with E-state index in [1.165, 1.54) is 35.6 Å². The van der Waals surface area contributed by atoms with Gasteiger partial charge in [0, 0.05) is 16.1 Å². The third-order valence-electron chi connectivity index (χ3n) is 5.38. The van der Waals surface area contributed by atoms with E-state index in [1.54, 1.807) is 0 Å². The number of amides is 2. The Balaban J connectivity index is 1.67. The van der Waals surface area contributed by atoms with Gasteiger partial charge in [-0.25, -0.2) is 4.39 Å². The zero-order chi connectivity index (χ0) is 21.1. The molecule has 0 radical (unpaired) electrons. The van der Waals surface area contributed by atoms with Crippen LogP contribution in [0.15, 0.2) is 48.5 Å². The van der Waals surface area contributed by atoms with Gasteiger partial charge < -0.3 is 10.6 Å². The van der Waals surface area contributed by atoms with Crippen molar-refractivity contribution in [2.75, 3.05) is 10.6 Å². The Morgan fingerprint density at radius 1 is 0.900 bits per heavy atom. The monoisotopic (exact) mass is 422 g/mol. The molecule has 1 aliphatic carbocycles. The number of nitrogens with one attached hydrogen (secondary N) is 2. The molecule has 0 unspecified atom stereocenters. The van der Waals surface area contributed by atoms with Gasteiger partial charge in [-0.2, -0.15) is 0 Å². The van der Waals surface area contributed by atoms with E-state index < -0.39 is 5.82 Å². The van der Waals surface area contributed by atoms with Crippen molar-refractivity contribution < 1.29 is 14.0 Å². The number of benzene rings is 2. The molecule has 0 atom stereocenters. The summed E-state index contributed by atoms with van der Waals surface area (Å²) in [6, 6.07) is 13.0. The number of fused-ring (bicyclic) bond motifs is 1. The molecule has 2 aromatic carbocycles. The molecule has 1 aliphatic rings. The average Bonchev–Trinajstić information content (AvgIpc) is 2.90. The summed E-state index contributed by atoms with van der Waals surface area (Å²) in [6.45, 7) is 1.95. The molecule has 30 heavy (non-hydrogen) atoms. The highest BCUT2D eigenvalue weighted by atomic mass is 32.1. The molecule has 1 aromatic heterocycles. The summed E-state index contributed by atoms with van der Waals surface area (Å²) in [4.78, 5) is 27.2. The maximum absolute atomic E-state index is 13.3. The first-order valence-corrected chi connectivity index (χ1v) is 10.9. The fourth-order valence-electron chi connectivity index (χ4n) is 3.75. The second-order valence-electron chi connectivity index (χ2n) is 7.50. The van der Waals surface area contributed by atoms with Crippen LogP contribution in [0.1, 0.15) is 56.0 Å². The Kier molecular flexibility index (Phi) is 5.95. The molecule has 3 aromatic rings. The standard InChI is InChI=1S/C24H23FN2O2S/c1-15-7-5-6-9-19(15)26-23(29)21-18-8-3-2-4-10-20(18)30-24(21)27-22(28)16-11-13-17(25)14-12-16/h5-7,9,11-14H,2-4,8,10H2,1H3,(H,26,29)(H,27,28). The van der Waals surface area contributed by atoms with Gasteiger partial charge >= 0.3 is 0 Å². The molecular weight excluding hydrogens is 399 g/mol. The number of carbonyl (C=O) groups excluding carboxylic acids is 2. The first-order chi connectivity index (χ1) is 14.5. The lowest BCUT2D eigenvalue weighted by Crippen LogP contribution is -2.18. The molecule has 154 valence electrons. The molecule has 1 heterocycles. The van der Waals surface area contributed by atoms with Gasteiger partial charge in [0.15, 0.2) is 0 Å². The van der Waals surface area contributed by atoms with Crippen molar-refractivity contribution in [3.05, 3.63) is 81.5 Å². The zero-order valence-electron chi connectivity index (χ0n) is 16.8. The van der Waals surface area contributed by atoms with E-state index in [1.807, 2.05) is 31.2 Å². The average molecular weight is 423 g/mol. The molecule has 0 fully saturated rings. The van der Waals surface area contributed by atoms with Crippen molar-refractivity contribution in [2.45, 2.75) is 39.0 Å². The molecule has 2 N–H and O–H groups in total. The number of hydrogen-bond acceptors (Lipinski definition) is 3. The molecule has 0 saturated carbocycles. The maximum atomic E-state index is 13.3. The van der Waals surface area contributed by atoms with Crippen LogP contribution in [-0.4, -0.2) is 11.8 Å². The summed E-state index contributed by atoms with van der Waals surface area (Å²) in [7, 11) is 0. The van der Waals surface area contributed by atoms with Gasteiger partial charge in [0.25, 0.3) is 11.8 Å². The summed E-state index contributed by atoms with van der Waals surface area (Å²) in [5, 5.41) is 6.47. The lowest BCUT2D eigenvalue weighted by molar-refractivity contribution is 0.102. The van der Waals surface area contributed by atoms with E-state index in [9.17, 15) is 14.0 Å². The highest BCUT2D eigenvalue weighted by molar-refractivity contribution is 7.17. The summed E-state index contributed by atoms with van der Waals surface area (Å²) in [6.07, 6.45) is 4.99. The van der Waals surface area contributed by atoms with Crippen molar-refractivity contribution in [1.82, 2.24) is 0 Å². The van der Waals surface area contributed by atoms with Gasteiger partial charge in [0.05, 0.1) is 5.56 Å². The lowest BCUT2D eigenvalue weighted by Gasteiger charge is -2.12. The minimum absolute atomic E-state index is 0.210. The SMILES string of the molecule is Cc1ccccc1NC(=O)c1c(NC(=O)c2ccc(F)cc2)sc2c1CCCCC2. The van der Waals surface area contributed by atoms with E-state index >= 15 is 0 Å². The van der Waals surface area contributed by atoms with Gasteiger partial charge in [0.1, 0.15) is 10.8 Å². The van der Waals surface area contributed by atoms with Crippen LogP contribution in [0.2, 0.25) is 0 Å². The molecule has 4 nitrogen and oxygen atoms in total. The van der Waals surface area contributed by atoms with Crippen LogP contribution < -0.4 is 10.6 Å². The molecule has 6 heteroatoms. The van der Waals surface area contributed by atoms with E-state index in [-0.39, 0.29) is 11.8 Å². The highest BCUT2D eigenvalue weighted by Crippen LogP contribution is 2.38. The van der Waals surface area contributed by atoms with Crippen molar-refractivity contribution in [3.8, 4) is 0 Å². The van der Waals surface area contributed by atoms with Crippen LogP contribution in [0.3, 0.4) is 0 Å². The minimum Gasteiger partial charge on any atom is -0.322 e. The van der Waals surface area contributed by atoms with Crippen LogP contribution in [0.4, 0.5) is 15.1 Å². The molecule has 0 saturated heterocycles. The Bertz CT molecular complexity index is 1090. The molecule has 4 rings (SSSR count). The quantitative estimate of drug-likeness (QED) is 0.509. The number of hydrogen-bond donors (Lipinski definition) is 2. The predicted molar refractivity (Wildman–Crippen MR) is 119 cm³/mol. The number of thiophene rings is 1. The Hall–Kier alpha value is -2.99. The number of rotatable bonds is 4. The largest absolute Gasteiger partial charge is 0.322 e. The van der Waals surface area contributed by atoms with Crippen molar-refractivity contribution in [1.29, 1.82) is 0 Å². The van der Waals surface area contributed by atoms with Crippen LogP contribution in [0.5, 0.6) is 0 Å². The molecule has 2 amide bonds. The smallest absolute Gasteiger partial charge is 0.258 e. The van der Waals surface area contributed by atoms with Crippen LogP contribution in [-0.2, 0) is 12.8 Å². The Morgan fingerprint density at radius 2 is 1.63 bits per heavy atom. The Labute approximate surface area is 179 Å². The summed E-state index contributed by atoms with van der Waals surface area (Å²) in [5.41, 5.74) is 3.68.